The van der Waals surface area contributed by atoms with E-state index in [4.69, 9.17) is 10.9 Å². The van der Waals surface area contributed by atoms with Crippen molar-refractivity contribution in [3.8, 4) is 0 Å². The second-order valence-electron chi connectivity index (χ2n) is 3.45. The molecule has 0 fully saturated rings. The summed E-state index contributed by atoms with van der Waals surface area (Å²) in [5, 5.41) is 12.9. The molecule has 2 rings (SSSR count). The number of aryl methyl sites for hydroxylation is 1. The van der Waals surface area contributed by atoms with E-state index in [0.29, 0.717) is 15.7 Å². The Bertz CT molecular complexity index is 587. The molecule has 2 heterocycles. The van der Waals surface area contributed by atoms with Crippen molar-refractivity contribution < 1.29 is 5.21 Å². The van der Waals surface area contributed by atoms with E-state index < -0.39 is 0 Å². The Labute approximate surface area is 108 Å². The van der Waals surface area contributed by atoms with Gasteiger partial charge in [-0.2, -0.15) is 0 Å². The summed E-state index contributed by atoms with van der Waals surface area (Å²) in [5.41, 5.74) is 7.00. The molecule has 0 aliphatic carbocycles. The van der Waals surface area contributed by atoms with Crippen molar-refractivity contribution in [3.05, 3.63) is 41.9 Å². The fraction of sp³-hybridized carbons (Fsp3) is 0.0909. The number of hydrogen-bond acceptors (Lipinski definition) is 6. The summed E-state index contributed by atoms with van der Waals surface area (Å²) < 4.78 is 0. The van der Waals surface area contributed by atoms with Crippen LogP contribution in [0.4, 0.5) is 0 Å². The lowest BCUT2D eigenvalue weighted by Gasteiger charge is -2.02. The van der Waals surface area contributed by atoms with Crippen LogP contribution < -0.4 is 5.73 Å². The average molecular weight is 261 g/mol. The van der Waals surface area contributed by atoms with E-state index in [9.17, 15) is 0 Å². The molecular weight excluding hydrogens is 250 g/mol. The Hall–Kier alpha value is -2.15. The van der Waals surface area contributed by atoms with E-state index in [1.807, 2.05) is 13.0 Å². The second kappa shape index (κ2) is 5.46. The number of nitrogens with two attached hydrogens (primary N) is 1. The van der Waals surface area contributed by atoms with E-state index in [0.717, 1.165) is 5.69 Å². The minimum Gasteiger partial charge on any atom is -0.409 e. The summed E-state index contributed by atoms with van der Waals surface area (Å²) >= 11 is 1.32. The Morgan fingerprint density at radius 3 is 2.83 bits per heavy atom. The van der Waals surface area contributed by atoms with E-state index in [-0.39, 0.29) is 5.84 Å². The number of nitrogens with zero attached hydrogens (tertiary/aromatic N) is 4. The molecule has 0 aromatic carbocycles. The zero-order chi connectivity index (χ0) is 13.0. The maximum absolute atomic E-state index is 8.62. The molecular formula is C11H11N5OS. The van der Waals surface area contributed by atoms with Gasteiger partial charge in [-0.05, 0) is 36.9 Å². The first kappa shape index (κ1) is 12.3. The molecule has 0 aliphatic rings. The summed E-state index contributed by atoms with van der Waals surface area (Å²) in [4.78, 5) is 12.6. The Balaban J connectivity index is 2.24. The van der Waals surface area contributed by atoms with Gasteiger partial charge in [-0.1, -0.05) is 5.16 Å². The first-order valence-corrected chi connectivity index (χ1v) is 5.92. The summed E-state index contributed by atoms with van der Waals surface area (Å²) in [7, 11) is 0. The van der Waals surface area contributed by atoms with Crippen molar-refractivity contribution in [1.82, 2.24) is 15.0 Å². The van der Waals surface area contributed by atoms with Crippen molar-refractivity contribution in [2.45, 2.75) is 17.1 Å². The summed E-state index contributed by atoms with van der Waals surface area (Å²) in [6.07, 6.45) is 3.28. The molecule has 92 valence electrons. The van der Waals surface area contributed by atoms with E-state index in [2.05, 4.69) is 20.1 Å². The third-order valence-corrected chi connectivity index (χ3v) is 2.92. The number of amidine groups is 1. The molecule has 0 saturated heterocycles. The maximum Gasteiger partial charge on any atom is 0.194 e. The van der Waals surface area contributed by atoms with Crippen LogP contribution >= 0.6 is 11.8 Å². The first-order chi connectivity index (χ1) is 8.69. The zero-order valence-corrected chi connectivity index (χ0v) is 10.4. The van der Waals surface area contributed by atoms with E-state index in [1.165, 1.54) is 11.8 Å². The van der Waals surface area contributed by atoms with Crippen molar-refractivity contribution in [2.75, 3.05) is 0 Å². The van der Waals surface area contributed by atoms with Crippen LogP contribution in [0.25, 0.3) is 0 Å². The van der Waals surface area contributed by atoms with Gasteiger partial charge < -0.3 is 10.9 Å². The summed E-state index contributed by atoms with van der Waals surface area (Å²) in [6, 6.07) is 5.20. The van der Waals surface area contributed by atoms with Gasteiger partial charge in [-0.25, -0.2) is 15.0 Å². The molecule has 0 spiro atoms. The van der Waals surface area contributed by atoms with Gasteiger partial charge in [-0.3, -0.25) is 0 Å². The van der Waals surface area contributed by atoms with Gasteiger partial charge >= 0.3 is 0 Å². The number of hydrogen-bond donors (Lipinski definition) is 2. The van der Waals surface area contributed by atoms with Crippen LogP contribution in [-0.4, -0.2) is 26.0 Å². The van der Waals surface area contributed by atoms with Crippen molar-refractivity contribution >= 4 is 17.6 Å². The topological polar surface area (TPSA) is 97.3 Å². The first-order valence-electron chi connectivity index (χ1n) is 5.10. The number of aromatic nitrogens is 3. The van der Waals surface area contributed by atoms with Crippen molar-refractivity contribution in [2.24, 2.45) is 10.9 Å². The Morgan fingerprint density at radius 1 is 1.33 bits per heavy atom. The minimum atomic E-state index is 0.0458. The number of pyridine rings is 1. The van der Waals surface area contributed by atoms with Gasteiger partial charge in [-0.15, -0.1) is 0 Å². The van der Waals surface area contributed by atoms with Crippen LogP contribution in [-0.2, 0) is 0 Å². The van der Waals surface area contributed by atoms with Gasteiger partial charge in [0.05, 0.1) is 0 Å². The van der Waals surface area contributed by atoms with Crippen LogP contribution in [0.3, 0.4) is 0 Å². The highest BCUT2D eigenvalue weighted by molar-refractivity contribution is 7.99. The van der Waals surface area contributed by atoms with E-state index in [1.54, 1.807) is 24.5 Å². The quantitative estimate of drug-likeness (QED) is 0.285. The van der Waals surface area contributed by atoms with Crippen molar-refractivity contribution in [1.29, 1.82) is 0 Å². The lowest BCUT2D eigenvalue weighted by Crippen LogP contribution is -2.13. The smallest absolute Gasteiger partial charge is 0.194 e. The third kappa shape index (κ3) is 2.95. The van der Waals surface area contributed by atoms with Gasteiger partial charge in [0.1, 0.15) is 5.03 Å². The average Bonchev–Trinajstić information content (AvgIpc) is 2.38. The molecule has 7 heteroatoms. The predicted molar refractivity (Wildman–Crippen MR) is 67.6 cm³/mol. The van der Waals surface area contributed by atoms with Gasteiger partial charge in [0.2, 0.25) is 0 Å². The standard InChI is InChI=1S/C11H11N5OS/c1-7-2-4-14-11(15-7)18-9-6-8(3-5-13-9)10(12)16-17/h2-6,17H,1H3,(H2,12,16). The second-order valence-corrected chi connectivity index (χ2v) is 4.44. The molecule has 18 heavy (non-hydrogen) atoms. The zero-order valence-electron chi connectivity index (χ0n) is 9.61. The van der Waals surface area contributed by atoms with Crippen LogP contribution in [0.2, 0.25) is 0 Å². The molecule has 0 bridgehead atoms. The largest absolute Gasteiger partial charge is 0.409 e. The van der Waals surface area contributed by atoms with Crippen LogP contribution in [0.5, 0.6) is 0 Å². The highest BCUT2D eigenvalue weighted by Gasteiger charge is 2.05. The lowest BCUT2D eigenvalue weighted by molar-refractivity contribution is 0.318. The number of oxime groups is 1. The van der Waals surface area contributed by atoms with Crippen LogP contribution in [0.1, 0.15) is 11.3 Å². The van der Waals surface area contributed by atoms with E-state index >= 15 is 0 Å². The van der Waals surface area contributed by atoms with Crippen LogP contribution in [0, 0.1) is 6.92 Å². The monoisotopic (exact) mass is 261 g/mol. The molecule has 0 aliphatic heterocycles. The highest BCUT2D eigenvalue weighted by Crippen LogP contribution is 2.22. The molecule has 0 atom stereocenters. The highest BCUT2D eigenvalue weighted by atomic mass is 32.2. The Morgan fingerprint density at radius 2 is 2.11 bits per heavy atom. The molecule has 6 nitrogen and oxygen atoms in total. The Kier molecular flexibility index (Phi) is 3.73. The SMILES string of the molecule is Cc1ccnc(Sc2cc(C(N)=NO)ccn2)n1. The molecule has 2 aromatic heterocycles. The van der Waals surface area contributed by atoms with Crippen molar-refractivity contribution in [3.63, 3.8) is 0 Å². The summed E-state index contributed by atoms with van der Waals surface area (Å²) in [6.45, 7) is 1.89. The molecule has 0 radical (unpaired) electrons. The normalized spacial score (nSPS) is 11.5. The molecule has 0 saturated carbocycles. The lowest BCUT2D eigenvalue weighted by atomic mass is 10.2. The predicted octanol–water partition coefficient (Wildman–Crippen LogP) is 1.43. The van der Waals surface area contributed by atoms with Crippen LogP contribution in [0.15, 0.2) is 45.9 Å². The maximum atomic E-state index is 8.62. The number of rotatable bonds is 3. The molecule has 3 N–H and O–H groups in total. The van der Waals surface area contributed by atoms with Gasteiger partial charge in [0.15, 0.2) is 11.0 Å². The third-order valence-electron chi connectivity index (χ3n) is 2.11. The summed E-state index contributed by atoms with van der Waals surface area (Å²) in [5.74, 6) is 0.0458. The van der Waals surface area contributed by atoms with Gasteiger partial charge in [0.25, 0.3) is 0 Å². The fourth-order valence-corrected chi connectivity index (χ4v) is 2.04. The fourth-order valence-electron chi connectivity index (χ4n) is 1.25. The molecule has 0 unspecified atom stereocenters. The molecule has 0 amide bonds. The van der Waals surface area contributed by atoms with Gasteiger partial charge in [0, 0.05) is 23.7 Å². The minimum absolute atomic E-state index is 0.0458. The molecule has 2 aromatic rings.